The van der Waals surface area contributed by atoms with Gasteiger partial charge in [-0.05, 0) is 11.8 Å². The normalized spacial score (nSPS) is 26.9. The Balaban J connectivity index is 0. The first-order chi connectivity index (χ1) is 12.3. The number of hydrogen-bond acceptors (Lipinski definition) is 7. The molecule has 1 rings (SSSR count). The van der Waals surface area contributed by atoms with E-state index in [2.05, 4.69) is 19.2 Å². The molecule has 1 aliphatic heterocycles. The van der Waals surface area contributed by atoms with E-state index in [-0.39, 0.29) is 80.2 Å². The van der Waals surface area contributed by atoms with Crippen LogP contribution in [0.15, 0.2) is 0 Å². The number of nitrogens with one attached hydrogen (secondary N) is 1. The molecule has 2 N–H and O–H groups in total. The molecule has 1 aliphatic rings. The van der Waals surface area contributed by atoms with Crippen molar-refractivity contribution in [2.45, 2.75) is 46.1 Å². The molecular formula is C18H33NO7U. The monoisotopic (exact) mass is 613 g/mol. The first kappa shape index (κ1) is 29.0. The van der Waals surface area contributed by atoms with Crippen molar-refractivity contribution in [1.82, 2.24) is 5.32 Å². The third-order valence-corrected chi connectivity index (χ3v) is 4.06. The summed E-state index contributed by atoms with van der Waals surface area (Å²) in [5.41, 5.74) is 0. The molecule has 0 aromatic carbocycles. The molecule has 1 saturated heterocycles. The van der Waals surface area contributed by atoms with Gasteiger partial charge >= 0.3 is 37.1 Å². The van der Waals surface area contributed by atoms with E-state index in [9.17, 15) is 9.59 Å². The summed E-state index contributed by atoms with van der Waals surface area (Å²) in [6.07, 6.45) is -0.892. The van der Waals surface area contributed by atoms with Crippen LogP contribution >= 0.6 is 0 Å². The first-order valence-electron chi connectivity index (χ1n) is 8.73. The molecule has 2 unspecified atom stereocenters. The molecule has 0 spiro atoms. The summed E-state index contributed by atoms with van der Waals surface area (Å²) in [6.45, 7) is 14.8. The van der Waals surface area contributed by atoms with Crippen LogP contribution in [-0.4, -0.2) is 68.5 Å². The fourth-order valence-electron chi connectivity index (χ4n) is 2.59. The van der Waals surface area contributed by atoms with Crippen LogP contribution in [0.1, 0.15) is 27.7 Å². The van der Waals surface area contributed by atoms with E-state index in [1.807, 2.05) is 13.8 Å². The molecule has 0 bridgehead atoms. The van der Waals surface area contributed by atoms with Gasteiger partial charge in [0, 0.05) is 13.8 Å². The van der Waals surface area contributed by atoms with Crippen LogP contribution in [0.3, 0.4) is 0 Å². The molecule has 8 nitrogen and oxygen atoms in total. The maximum Gasteiger partial charge on any atom is 2.00 e. The summed E-state index contributed by atoms with van der Waals surface area (Å²) in [4.78, 5) is 22.5. The van der Waals surface area contributed by atoms with Gasteiger partial charge < -0.3 is 43.2 Å². The van der Waals surface area contributed by atoms with Crippen LogP contribution in [0, 0.1) is 56.8 Å². The van der Waals surface area contributed by atoms with Crippen LogP contribution in [-0.2, 0) is 28.5 Å². The van der Waals surface area contributed by atoms with Gasteiger partial charge in [0.1, 0.15) is 6.61 Å². The van der Waals surface area contributed by atoms with Crippen LogP contribution in [0.4, 0.5) is 0 Å². The Morgan fingerprint density at radius 2 is 1.74 bits per heavy atom. The van der Waals surface area contributed by atoms with Gasteiger partial charge in [-0.3, -0.25) is 9.59 Å². The maximum absolute atomic E-state index is 11.5. The summed E-state index contributed by atoms with van der Waals surface area (Å²) < 4.78 is 21.9. The van der Waals surface area contributed by atoms with Crippen molar-refractivity contribution in [2.24, 2.45) is 11.8 Å². The van der Waals surface area contributed by atoms with Crippen molar-refractivity contribution in [3.05, 3.63) is 13.8 Å². The predicted molar refractivity (Wildman–Crippen MR) is 95.8 cm³/mol. The van der Waals surface area contributed by atoms with Gasteiger partial charge in [-0.1, -0.05) is 27.1 Å². The van der Waals surface area contributed by atoms with Crippen molar-refractivity contribution in [1.29, 1.82) is 0 Å². The Morgan fingerprint density at radius 3 is 2.22 bits per heavy atom. The summed E-state index contributed by atoms with van der Waals surface area (Å²) >= 11 is 0. The average Bonchev–Trinajstić information content (AvgIpc) is 2.56. The smallest absolute Gasteiger partial charge is 0.463 e. The number of aliphatic hydroxyl groups excluding tert-OH is 1. The molecular weight excluding hydrogens is 580 g/mol. The minimum Gasteiger partial charge on any atom is -0.463 e. The molecule has 0 radical (unpaired) electrons. The standard InChI is InChI=1S/C16H28NO6.C2H5O.U/c1-6-20-7-8-21-16-15(17-12(4)18)11(3)10(2)14(23-16)9-22-13(5)19;1-2-3;/h10-11,14-16H,1,6-9H2,2-5H3,(H,17,18);3H,1-2H2;/q2*-1;+2/t10?,11-,14+,15+,16?;;/m0../s1. The Labute approximate surface area is 186 Å². The molecule has 1 amide bonds. The summed E-state index contributed by atoms with van der Waals surface area (Å²) in [5, 5.41) is 10.3. The van der Waals surface area contributed by atoms with E-state index in [4.69, 9.17) is 24.1 Å². The number of carbonyl (C=O) groups excluding carboxylic acids is 2. The third-order valence-electron chi connectivity index (χ3n) is 4.06. The Hall–Kier alpha value is -0.168. The Kier molecular flexibility index (Phi) is 18.0. The van der Waals surface area contributed by atoms with E-state index in [1.165, 1.54) is 13.8 Å². The molecule has 9 heteroatoms. The summed E-state index contributed by atoms with van der Waals surface area (Å²) in [5.74, 6) is -0.286. The van der Waals surface area contributed by atoms with Crippen molar-refractivity contribution in [3.63, 3.8) is 0 Å². The second-order valence-corrected chi connectivity index (χ2v) is 6.00. The van der Waals surface area contributed by atoms with Gasteiger partial charge in [0.15, 0.2) is 6.29 Å². The number of esters is 1. The zero-order valence-corrected chi connectivity index (χ0v) is 20.9. The van der Waals surface area contributed by atoms with Crippen LogP contribution < -0.4 is 5.32 Å². The molecule has 1 fully saturated rings. The minimum absolute atomic E-state index is 0. The average molecular weight is 613 g/mol. The molecule has 1 heterocycles. The SMILES string of the molecule is [CH2-]CO.[CH2-]COCCOC1O[C@H](COC(C)=O)C(C)[C@H](C)[C@H]1NC(C)=O.[U+2]. The number of rotatable bonds is 8. The van der Waals surface area contributed by atoms with Gasteiger partial charge in [-0.25, -0.2) is 0 Å². The summed E-state index contributed by atoms with van der Waals surface area (Å²) in [7, 11) is 0. The van der Waals surface area contributed by atoms with Crippen LogP contribution in [0.25, 0.3) is 0 Å². The maximum atomic E-state index is 11.5. The van der Waals surface area contributed by atoms with E-state index < -0.39 is 6.29 Å². The molecule has 0 aromatic rings. The third kappa shape index (κ3) is 12.1. The van der Waals surface area contributed by atoms with Gasteiger partial charge in [0.2, 0.25) is 5.91 Å². The van der Waals surface area contributed by atoms with Crippen LogP contribution in [0.2, 0.25) is 0 Å². The van der Waals surface area contributed by atoms with Gasteiger partial charge in [-0.15, -0.1) is 0 Å². The minimum atomic E-state index is -0.612. The largest absolute Gasteiger partial charge is 2.00 e. The molecule has 0 saturated carbocycles. The number of amides is 1. The second kappa shape index (κ2) is 16.8. The van der Waals surface area contributed by atoms with E-state index >= 15 is 0 Å². The van der Waals surface area contributed by atoms with Crippen molar-refractivity contribution in [3.8, 4) is 0 Å². The van der Waals surface area contributed by atoms with Crippen molar-refractivity contribution < 1.29 is 64.8 Å². The predicted octanol–water partition coefficient (Wildman–Crippen LogP) is 0.731. The second-order valence-electron chi connectivity index (χ2n) is 6.00. The van der Waals surface area contributed by atoms with Crippen molar-refractivity contribution >= 4 is 11.9 Å². The zero-order chi connectivity index (χ0) is 20.1. The fraction of sp³-hybridized carbons (Fsp3) is 0.778. The molecule has 5 atom stereocenters. The Morgan fingerprint density at radius 1 is 1.15 bits per heavy atom. The Bertz CT molecular complexity index is 409. The molecule has 156 valence electrons. The number of carbonyl (C=O) groups is 2. The topological polar surface area (TPSA) is 103 Å². The van der Waals surface area contributed by atoms with E-state index in [1.54, 1.807) is 0 Å². The zero-order valence-electron chi connectivity index (χ0n) is 16.7. The number of aliphatic hydroxyl groups is 1. The van der Waals surface area contributed by atoms with E-state index in [0.717, 1.165) is 0 Å². The van der Waals surface area contributed by atoms with Crippen LogP contribution in [0.5, 0.6) is 0 Å². The van der Waals surface area contributed by atoms with E-state index in [0.29, 0.717) is 19.8 Å². The molecule has 0 aliphatic carbocycles. The number of ether oxygens (including phenoxy) is 4. The summed E-state index contributed by atoms with van der Waals surface area (Å²) in [6, 6.07) is -0.268. The van der Waals surface area contributed by atoms with Gasteiger partial charge in [0.05, 0.1) is 25.4 Å². The molecule has 0 aromatic heterocycles. The fourth-order valence-corrected chi connectivity index (χ4v) is 2.59. The van der Waals surface area contributed by atoms with Crippen molar-refractivity contribution in [2.75, 3.05) is 33.0 Å². The quantitative estimate of drug-likeness (QED) is 0.237. The first-order valence-corrected chi connectivity index (χ1v) is 8.73. The molecule has 27 heavy (non-hydrogen) atoms. The van der Waals surface area contributed by atoms with Gasteiger partial charge in [-0.2, -0.15) is 0 Å². The number of hydrogen-bond donors (Lipinski definition) is 2. The van der Waals surface area contributed by atoms with Gasteiger partial charge in [0.25, 0.3) is 0 Å².